The summed E-state index contributed by atoms with van der Waals surface area (Å²) in [5, 5.41) is 0. The molecule has 0 spiro atoms. The van der Waals surface area contributed by atoms with Crippen molar-refractivity contribution in [2.75, 3.05) is 0 Å². The summed E-state index contributed by atoms with van der Waals surface area (Å²) in [7, 11) is 0. The van der Waals surface area contributed by atoms with Crippen molar-refractivity contribution >= 4 is 0 Å². The van der Waals surface area contributed by atoms with E-state index >= 15 is 0 Å². The standard InChI is InChI=1S/C21H34/c1-18(2,3)13-21(9)14-20(7,8)17-12-15(19(4,5)6)10-11-16(17)21/h10-12H,13-14H2,1-9H3. The summed E-state index contributed by atoms with van der Waals surface area (Å²) < 4.78 is 0. The minimum atomic E-state index is 0.230. The third-order valence-electron chi connectivity index (χ3n) is 5.02. The molecule has 21 heavy (non-hydrogen) atoms. The molecule has 1 aromatic rings. The van der Waals surface area contributed by atoms with Gasteiger partial charge < -0.3 is 0 Å². The molecule has 0 N–H and O–H groups in total. The number of hydrogen-bond acceptors (Lipinski definition) is 0. The van der Waals surface area contributed by atoms with Crippen LogP contribution in [-0.2, 0) is 16.2 Å². The van der Waals surface area contributed by atoms with Gasteiger partial charge in [-0.3, -0.25) is 0 Å². The maximum Gasteiger partial charge on any atom is -0.00591 e. The molecule has 1 aliphatic carbocycles. The van der Waals surface area contributed by atoms with Crippen LogP contribution in [0.2, 0.25) is 0 Å². The second-order valence-corrected chi connectivity index (χ2v) is 10.4. The fraction of sp³-hybridized carbons (Fsp3) is 0.714. The molecule has 0 aliphatic heterocycles. The average Bonchev–Trinajstić information content (AvgIpc) is 2.42. The molecule has 0 amide bonds. The van der Waals surface area contributed by atoms with E-state index in [1.165, 1.54) is 18.4 Å². The SMILES string of the molecule is CC(C)(C)CC1(C)CC(C)(C)c2cc(C(C)(C)C)ccc21. The zero-order valence-corrected chi connectivity index (χ0v) is 15.6. The number of benzene rings is 1. The summed E-state index contributed by atoms with van der Waals surface area (Å²) in [5.74, 6) is 0. The Kier molecular flexibility index (Phi) is 3.64. The Morgan fingerprint density at radius 1 is 0.905 bits per heavy atom. The Bertz CT molecular complexity index is 534. The highest BCUT2D eigenvalue weighted by atomic mass is 14.5. The van der Waals surface area contributed by atoms with Crippen LogP contribution in [0.4, 0.5) is 0 Å². The van der Waals surface area contributed by atoms with E-state index in [-0.39, 0.29) is 10.8 Å². The first-order valence-electron chi connectivity index (χ1n) is 8.40. The van der Waals surface area contributed by atoms with Crippen LogP contribution in [0.3, 0.4) is 0 Å². The average molecular weight is 287 g/mol. The molecule has 1 aliphatic rings. The van der Waals surface area contributed by atoms with Gasteiger partial charge in [-0.25, -0.2) is 0 Å². The first-order valence-corrected chi connectivity index (χ1v) is 8.40. The molecule has 0 nitrogen and oxygen atoms in total. The predicted molar refractivity (Wildman–Crippen MR) is 94.2 cm³/mol. The monoisotopic (exact) mass is 286 g/mol. The van der Waals surface area contributed by atoms with Gasteiger partial charge in [0.05, 0.1) is 0 Å². The van der Waals surface area contributed by atoms with Crippen molar-refractivity contribution in [3.05, 3.63) is 34.9 Å². The van der Waals surface area contributed by atoms with Gasteiger partial charge >= 0.3 is 0 Å². The topological polar surface area (TPSA) is 0 Å². The van der Waals surface area contributed by atoms with E-state index in [1.807, 2.05) is 0 Å². The third kappa shape index (κ3) is 3.20. The summed E-state index contributed by atoms with van der Waals surface area (Å²) in [6.07, 6.45) is 2.52. The maximum absolute atomic E-state index is 2.49. The van der Waals surface area contributed by atoms with Crippen LogP contribution in [0.5, 0.6) is 0 Å². The number of rotatable bonds is 1. The van der Waals surface area contributed by atoms with Gasteiger partial charge in [0.2, 0.25) is 0 Å². The fourth-order valence-electron chi connectivity index (χ4n) is 4.59. The van der Waals surface area contributed by atoms with E-state index in [2.05, 4.69) is 80.5 Å². The van der Waals surface area contributed by atoms with Crippen LogP contribution >= 0.6 is 0 Å². The van der Waals surface area contributed by atoms with Gasteiger partial charge in [0.15, 0.2) is 0 Å². The van der Waals surface area contributed by atoms with E-state index in [4.69, 9.17) is 0 Å². The first kappa shape index (κ1) is 16.6. The van der Waals surface area contributed by atoms with Gasteiger partial charge in [0.1, 0.15) is 0 Å². The minimum absolute atomic E-state index is 0.230. The molecule has 0 saturated heterocycles. The first-order chi connectivity index (χ1) is 9.25. The number of fused-ring (bicyclic) bond motifs is 1. The summed E-state index contributed by atoms with van der Waals surface area (Å²) in [4.78, 5) is 0. The molecular formula is C21H34. The fourth-order valence-corrected chi connectivity index (χ4v) is 4.59. The summed E-state index contributed by atoms with van der Waals surface area (Å²) in [6, 6.07) is 7.28. The van der Waals surface area contributed by atoms with Crippen LogP contribution < -0.4 is 0 Å². The third-order valence-corrected chi connectivity index (χ3v) is 5.02. The van der Waals surface area contributed by atoms with Gasteiger partial charge in [0, 0.05) is 0 Å². The maximum atomic E-state index is 2.49. The smallest absolute Gasteiger partial charge is 0.00591 e. The summed E-state index contributed by atoms with van der Waals surface area (Å²) in [6.45, 7) is 21.4. The normalized spacial score (nSPS) is 25.0. The summed E-state index contributed by atoms with van der Waals surface area (Å²) >= 11 is 0. The van der Waals surface area contributed by atoms with Crippen LogP contribution in [0.1, 0.15) is 91.8 Å². The van der Waals surface area contributed by atoms with E-state index in [0.717, 1.165) is 0 Å². The molecule has 0 bridgehead atoms. The second-order valence-electron chi connectivity index (χ2n) is 10.4. The van der Waals surface area contributed by atoms with Crippen molar-refractivity contribution < 1.29 is 0 Å². The largest absolute Gasteiger partial charge is 0.0601 e. The van der Waals surface area contributed by atoms with Crippen molar-refractivity contribution in [2.24, 2.45) is 5.41 Å². The molecule has 0 fully saturated rings. The predicted octanol–water partition coefficient (Wildman–Crippen LogP) is 6.36. The van der Waals surface area contributed by atoms with Gasteiger partial charge in [-0.1, -0.05) is 80.5 Å². The molecule has 0 radical (unpaired) electrons. The van der Waals surface area contributed by atoms with Crippen molar-refractivity contribution in [1.29, 1.82) is 0 Å². The molecule has 0 aromatic heterocycles. The molecule has 1 aromatic carbocycles. The molecule has 1 atom stereocenters. The molecule has 118 valence electrons. The molecule has 1 unspecified atom stereocenters. The number of hydrogen-bond donors (Lipinski definition) is 0. The lowest BCUT2D eigenvalue weighted by molar-refractivity contribution is 0.245. The van der Waals surface area contributed by atoms with Crippen LogP contribution in [0, 0.1) is 5.41 Å². The molecule has 0 heterocycles. The Morgan fingerprint density at radius 3 is 1.95 bits per heavy atom. The van der Waals surface area contributed by atoms with Gasteiger partial charge in [-0.15, -0.1) is 0 Å². The van der Waals surface area contributed by atoms with Crippen LogP contribution in [0.15, 0.2) is 18.2 Å². The Labute approximate surface area is 132 Å². The lowest BCUT2D eigenvalue weighted by Crippen LogP contribution is -2.27. The zero-order chi connectivity index (χ0) is 16.3. The molecule has 0 saturated carbocycles. The van der Waals surface area contributed by atoms with Crippen molar-refractivity contribution in [3.8, 4) is 0 Å². The van der Waals surface area contributed by atoms with Gasteiger partial charge in [-0.05, 0) is 51.2 Å². The lowest BCUT2D eigenvalue weighted by atomic mass is 9.70. The molecule has 0 heteroatoms. The van der Waals surface area contributed by atoms with Crippen molar-refractivity contribution in [3.63, 3.8) is 0 Å². The molecule has 2 rings (SSSR count). The van der Waals surface area contributed by atoms with Gasteiger partial charge in [-0.2, -0.15) is 0 Å². The lowest BCUT2D eigenvalue weighted by Gasteiger charge is -2.34. The van der Waals surface area contributed by atoms with E-state index in [1.54, 1.807) is 11.1 Å². The van der Waals surface area contributed by atoms with Crippen LogP contribution in [0.25, 0.3) is 0 Å². The van der Waals surface area contributed by atoms with E-state index in [0.29, 0.717) is 10.8 Å². The second kappa shape index (κ2) is 4.61. The zero-order valence-electron chi connectivity index (χ0n) is 15.6. The molecular weight excluding hydrogens is 252 g/mol. The quantitative estimate of drug-likeness (QED) is 0.563. The van der Waals surface area contributed by atoms with E-state index in [9.17, 15) is 0 Å². The van der Waals surface area contributed by atoms with Crippen molar-refractivity contribution in [2.45, 2.75) is 91.4 Å². The van der Waals surface area contributed by atoms with E-state index < -0.39 is 0 Å². The highest BCUT2D eigenvalue weighted by Crippen LogP contribution is 2.54. The van der Waals surface area contributed by atoms with Crippen molar-refractivity contribution in [1.82, 2.24) is 0 Å². The Hall–Kier alpha value is -0.780. The summed E-state index contributed by atoms with van der Waals surface area (Å²) in [5.41, 5.74) is 5.85. The highest BCUT2D eigenvalue weighted by molar-refractivity contribution is 5.48. The van der Waals surface area contributed by atoms with Crippen LogP contribution in [-0.4, -0.2) is 0 Å². The minimum Gasteiger partial charge on any atom is -0.0601 e. The Morgan fingerprint density at radius 2 is 1.48 bits per heavy atom. The highest BCUT2D eigenvalue weighted by Gasteiger charge is 2.46. The van der Waals surface area contributed by atoms with Gasteiger partial charge in [0.25, 0.3) is 0 Å². The Balaban J connectivity index is 2.54.